The third-order valence-electron chi connectivity index (χ3n) is 4.05. The van der Waals surface area contributed by atoms with Crippen LogP contribution in [0.2, 0.25) is 0 Å². The lowest BCUT2D eigenvalue weighted by molar-refractivity contribution is -0.911. The molecule has 2 N–H and O–H groups in total. The fourth-order valence-electron chi connectivity index (χ4n) is 2.68. The maximum absolute atomic E-state index is 11.6. The highest BCUT2D eigenvalue weighted by Crippen LogP contribution is 2.29. The van der Waals surface area contributed by atoms with Crippen LogP contribution in [-0.4, -0.2) is 53.8 Å². The first kappa shape index (κ1) is 19.0. The van der Waals surface area contributed by atoms with Crippen LogP contribution < -0.4 is 10.2 Å². The van der Waals surface area contributed by atoms with Gasteiger partial charge in [0.05, 0.1) is 25.4 Å². The molecule has 1 unspecified atom stereocenters. The van der Waals surface area contributed by atoms with E-state index >= 15 is 0 Å². The van der Waals surface area contributed by atoms with Crippen molar-refractivity contribution < 1.29 is 9.69 Å². The minimum Gasteiger partial charge on any atom is -0.355 e. The van der Waals surface area contributed by atoms with Gasteiger partial charge in [-0.2, -0.15) is 0 Å². The number of aromatic nitrogens is 2. The third-order valence-corrected chi connectivity index (χ3v) is 7.27. The van der Waals surface area contributed by atoms with E-state index in [1.54, 1.807) is 28.0 Å². The van der Waals surface area contributed by atoms with Crippen molar-refractivity contribution >= 4 is 40.8 Å². The lowest BCUT2D eigenvalue weighted by Gasteiger charge is -2.29. The zero-order chi connectivity index (χ0) is 16.5. The number of amides is 1. The SMILES string of the molecule is CCCNC(=O)CSc1nnc(SCC[C@H]2CCCC[NH+]2C)s1. The normalized spacial score (nSPS) is 21.3. The molecule has 1 aliphatic heterocycles. The largest absolute Gasteiger partial charge is 0.355 e. The van der Waals surface area contributed by atoms with Gasteiger partial charge in [0, 0.05) is 18.7 Å². The molecule has 2 heterocycles. The molecule has 0 saturated carbocycles. The predicted molar refractivity (Wildman–Crippen MR) is 98.7 cm³/mol. The molecule has 1 fully saturated rings. The monoisotopic (exact) mass is 375 g/mol. The zero-order valence-electron chi connectivity index (χ0n) is 14.0. The van der Waals surface area contributed by atoms with Crippen LogP contribution in [0.3, 0.4) is 0 Å². The fraction of sp³-hybridized carbons (Fsp3) is 0.800. The molecule has 1 saturated heterocycles. The van der Waals surface area contributed by atoms with Crippen LogP contribution in [0.1, 0.15) is 39.0 Å². The molecule has 1 aromatic heterocycles. The van der Waals surface area contributed by atoms with E-state index in [1.807, 2.05) is 6.92 Å². The summed E-state index contributed by atoms with van der Waals surface area (Å²) in [5.74, 6) is 1.61. The van der Waals surface area contributed by atoms with Gasteiger partial charge in [0.2, 0.25) is 5.91 Å². The average molecular weight is 376 g/mol. The maximum Gasteiger partial charge on any atom is 0.230 e. The van der Waals surface area contributed by atoms with E-state index in [1.165, 1.54) is 44.0 Å². The second-order valence-corrected chi connectivity index (χ2v) is 9.44. The predicted octanol–water partition coefficient (Wildman–Crippen LogP) is 1.71. The number of quaternary nitrogens is 1. The molecule has 1 aliphatic rings. The highest BCUT2D eigenvalue weighted by atomic mass is 32.2. The van der Waals surface area contributed by atoms with E-state index in [0.29, 0.717) is 5.75 Å². The quantitative estimate of drug-likeness (QED) is 0.644. The number of nitrogens with one attached hydrogen (secondary N) is 2. The average Bonchev–Trinajstić information content (AvgIpc) is 3.00. The van der Waals surface area contributed by atoms with Crippen molar-refractivity contribution in [3.05, 3.63) is 0 Å². The Balaban J connectivity index is 1.65. The number of likely N-dealkylation sites (tertiary alicyclic amines) is 1. The van der Waals surface area contributed by atoms with Crippen LogP contribution in [0, 0.1) is 0 Å². The first-order valence-corrected chi connectivity index (χ1v) is 11.2. The van der Waals surface area contributed by atoms with Crippen molar-refractivity contribution in [1.82, 2.24) is 15.5 Å². The van der Waals surface area contributed by atoms with Crippen molar-refractivity contribution in [2.24, 2.45) is 0 Å². The lowest BCUT2D eigenvalue weighted by atomic mass is 10.0. The van der Waals surface area contributed by atoms with Gasteiger partial charge in [0.15, 0.2) is 8.68 Å². The second-order valence-electron chi connectivity index (χ2n) is 5.90. The van der Waals surface area contributed by atoms with Gasteiger partial charge in [-0.3, -0.25) is 4.79 Å². The Morgan fingerprint density at radius 1 is 1.35 bits per heavy atom. The highest BCUT2D eigenvalue weighted by molar-refractivity contribution is 8.03. The summed E-state index contributed by atoms with van der Waals surface area (Å²) in [5.41, 5.74) is 0. The summed E-state index contributed by atoms with van der Waals surface area (Å²) < 4.78 is 1.91. The van der Waals surface area contributed by atoms with Crippen LogP contribution in [0.15, 0.2) is 8.68 Å². The Hall–Kier alpha value is -0.310. The first-order chi connectivity index (χ1) is 11.2. The third kappa shape index (κ3) is 6.99. The summed E-state index contributed by atoms with van der Waals surface area (Å²) in [5, 5.41) is 11.3. The van der Waals surface area contributed by atoms with E-state index in [-0.39, 0.29) is 5.91 Å². The molecule has 2 atom stereocenters. The molecule has 130 valence electrons. The molecule has 0 radical (unpaired) electrons. The van der Waals surface area contributed by atoms with E-state index in [0.717, 1.165) is 33.4 Å². The van der Waals surface area contributed by atoms with Crippen LogP contribution >= 0.6 is 34.9 Å². The number of hydrogen-bond acceptors (Lipinski definition) is 6. The van der Waals surface area contributed by atoms with Crippen molar-refractivity contribution in [3.63, 3.8) is 0 Å². The summed E-state index contributed by atoms with van der Waals surface area (Å²) in [7, 11) is 2.32. The standard InChI is InChI=1S/C15H26N4OS3/c1-3-8-16-13(20)11-22-15-18-17-14(23-15)21-10-7-12-6-4-5-9-19(12)2/h12H,3-11H2,1-2H3,(H,16,20)/p+1/t12-/m1/s1. The molecule has 1 aromatic rings. The van der Waals surface area contributed by atoms with Crippen molar-refractivity contribution in [2.45, 2.75) is 53.7 Å². The minimum absolute atomic E-state index is 0.0737. The van der Waals surface area contributed by atoms with Gasteiger partial charge in [-0.05, 0) is 25.7 Å². The molecule has 0 aromatic carbocycles. The smallest absolute Gasteiger partial charge is 0.230 e. The molecular formula is C15H27N4OS3+. The number of nitrogens with zero attached hydrogens (tertiary/aromatic N) is 2. The lowest BCUT2D eigenvalue weighted by Crippen LogP contribution is -3.13. The van der Waals surface area contributed by atoms with Gasteiger partial charge in [0.1, 0.15) is 0 Å². The van der Waals surface area contributed by atoms with Gasteiger partial charge < -0.3 is 10.2 Å². The van der Waals surface area contributed by atoms with Crippen LogP contribution in [0.4, 0.5) is 0 Å². The van der Waals surface area contributed by atoms with Gasteiger partial charge >= 0.3 is 0 Å². The number of carbonyl (C=O) groups is 1. The van der Waals surface area contributed by atoms with E-state index in [2.05, 4.69) is 22.6 Å². The summed E-state index contributed by atoms with van der Waals surface area (Å²) in [6, 6.07) is 0.806. The molecule has 0 bridgehead atoms. The Morgan fingerprint density at radius 3 is 2.87 bits per heavy atom. The molecule has 0 spiro atoms. The number of piperidine rings is 1. The summed E-state index contributed by atoms with van der Waals surface area (Å²) in [4.78, 5) is 13.3. The van der Waals surface area contributed by atoms with Crippen molar-refractivity contribution in [1.29, 1.82) is 0 Å². The second kappa shape index (κ2) is 10.5. The fourth-order valence-corrected chi connectivity index (χ4v) is 5.65. The van der Waals surface area contributed by atoms with Gasteiger partial charge in [0.25, 0.3) is 0 Å². The number of hydrogen-bond donors (Lipinski definition) is 2. The van der Waals surface area contributed by atoms with Gasteiger partial charge in [-0.1, -0.05) is 41.8 Å². The minimum atomic E-state index is 0.0737. The summed E-state index contributed by atoms with van der Waals surface area (Å²) in [6.45, 7) is 4.11. The van der Waals surface area contributed by atoms with Crippen LogP contribution in [0.5, 0.6) is 0 Å². The molecule has 0 aliphatic carbocycles. The van der Waals surface area contributed by atoms with E-state index in [4.69, 9.17) is 0 Å². The Bertz CT molecular complexity index is 483. The molecular weight excluding hydrogens is 348 g/mol. The molecule has 23 heavy (non-hydrogen) atoms. The molecule has 2 rings (SSSR count). The maximum atomic E-state index is 11.6. The first-order valence-electron chi connectivity index (χ1n) is 8.37. The molecule has 5 nitrogen and oxygen atoms in total. The van der Waals surface area contributed by atoms with Crippen LogP contribution in [-0.2, 0) is 4.79 Å². The van der Waals surface area contributed by atoms with Gasteiger partial charge in [-0.25, -0.2) is 0 Å². The summed E-state index contributed by atoms with van der Waals surface area (Å²) in [6.07, 6.45) is 6.33. The summed E-state index contributed by atoms with van der Waals surface area (Å²) >= 11 is 4.88. The molecule has 8 heteroatoms. The highest BCUT2D eigenvalue weighted by Gasteiger charge is 2.22. The molecule has 1 amide bonds. The topological polar surface area (TPSA) is 59.3 Å². The van der Waals surface area contributed by atoms with Crippen molar-refractivity contribution in [2.75, 3.05) is 31.6 Å². The van der Waals surface area contributed by atoms with Crippen molar-refractivity contribution in [3.8, 4) is 0 Å². The van der Waals surface area contributed by atoms with Gasteiger partial charge in [-0.15, -0.1) is 10.2 Å². The Labute approximate surface area is 151 Å². The Morgan fingerprint density at radius 2 is 2.13 bits per heavy atom. The number of thioether (sulfide) groups is 2. The van der Waals surface area contributed by atoms with E-state index < -0.39 is 0 Å². The van der Waals surface area contributed by atoms with E-state index in [9.17, 15) is 4.79 Å². The Kier molecular flexibility index (Phi) is 8.71. The zero-order valence-corrected chi connectivity index (χ0v) is 16.4. The number of rotatable bonds is 9. The number of carbonyl (C=O) groups excluding carboxylic acids is 1. The van der Waals surface area contributed by atoms with Crippen LogP contribution in [0.25, 0.3) is 0 Å².